The third kappa shape index (κ3) is 4.06. The van der Waals surface area contributed by atoms with Crippen molar-refractivity contribution in [2.24, 2.45) is 0 Å². The Morgan fingerprint density at radius 1 is 1.33 bits per heavy atom. The number of nitrogens with zero attached hydrogens (tertiary/aromatic N) is 4. The Morgan fingerprint density at radius 3 is 2.47 bits per heavy atom. The van der Waals surface area contributed by atoms with E-state index in [1.807, 2.05) is 0 Å². The first-order valence-electron chi connectivity index (χ1n) is 3.70. The van der Waals surface area contributed by atoms with Gasteiger partial charge in [-0.05, 0) is 23.2 Å². The summed E-state index contributed by atoms with van der Waals surface area (Å²) in [6.45, 7) is -0.192. The minimum Gasteiger partial charge on any atom is -0.457 e. The summed E-state index contributed by atoms with van der Waals surface area (Å²) < 4.78 is 4.65. The molecule has 6 nitrogen and oxygen atoms in total. The summed E-state index contributed by atoms with van der Waals surface area (Å²) in [5.74, 6) is -0.531. The second kappa shape index (κ2) is 5.44. The van der Waals surface area contributed by atoms with Crippen molar-refractivity contribution in [2.45, 2.75) is 13.0 Å². The predicted octanol–water partition coefficient (Wildman–Crippen LogP) is 1.14. The quantitative estimate of drug-likeness (QED) is 0.744. The van der Waals surface area contributed by atoms with Crippen molar-refractivity contribution in [1.82, 2.24) is 15.0 Å². The molecule has 0 saturated carbocycles. The van der Waals surface area contributed by atoms with Gasteiger partial charge in [-0.1, -0.05) is 0 Å². The molecule has 1 heterocycles. The van der Waals surface area contributed by atoms with Gasteiger partial charge in [0.25, 0.3) is 0 Å². The van der Waals surface area contributed by atoms with Gasteiger partial charge in [0.15, 0.2) is 12.4 Å². The summed E-state index contributed by atoms with van der Waals surface area (Å²) in [7, 11) is 0. The molecule has 1 aromatic heterocycles. The molecule has 1 rings (SSSR count). The second-order valence-electron chi connectivity index (χ2n) is 2.29. The maximum Gasteiger partial charge on any atom is 0.320 e. The molecule has 15 heavy (non-hydrogen) atoms. The second-order valence-corrected chi connectivity index (χ2v) is 2.96. The van der Waals surface area contributed by atoms with Crippen molar-refractivity contribution >= 4 is 29.2 Å². The van der Waals surface area contributed by atoms with Crippen molar-refractivity contribution in [3.63, 3.8) is 0 Å². The summed E-state index contributed by atoms with van der Waals surface area (Å²) in [6, 6.07) is 1.65. The Morgan fingerprint density at radius 2 is 1.93 bits per heavy atom. The van der Waals surface area contributed by atoms with Crippen LogP contribution < -0.4 is 0 Å². The third-order valence-electron chi connectivity index (χ3n) is 1.21. The molecule has 78 valence electrons. The average molecular weight is 247 g/mol. The zero-order valence-corrected chi connectivity index (χ0v) is 8.79. The van der Waals surface area contributed by atoms with E-state index in [0.29, 0.717) is 0 Å². The standard InChI is InChI=1S/C7H4Cl2N4O2/c8-6-11-4(12-7(9)13-6)3-15-5(14)1-2-10/h1,3H2. The van der Waals surface area contributed by atoms with Gasteiger partial charge in [0, 0.05) is 0 Å². The van der Waals surface area contributed by atoms with Gasteiger partial charge in [-0.2, -0.15) is 20.2 Å². The van der Waals surface area contributed by atoms with Gasteiger partial charge in [0.05, 0.1) is 6.07 Å². The van der Waals surface area contributed by atoms with Crippen molar-refractivity contribution in [2.75, 3.05) is 0 Å². The SMILES string of the molecule is N#CCC(=O)OCc1nc(Cl)nc(Cl)n1. The van der Waals surface area contributed by atoms with Crippen LogP contribution in [0.5, 0.6) is 0 Å². The summed E-state index contributed by atoms with van der Waals surface area (Å²) in [5.41, 5.74) is 0. The molecule has 0 fully saturated rings. The van der Waals surface area contributed by atoms with Crippen LogP contribution in [0.25, 0.3) is 0 Å². The lowest BCUT2D eigenvalue weighted by molar-refractivity contribution is -0.143. The Balaban J connectivity index is 2.58. The van der Waals surface area contributed by atoms with Crippen molar-refractivity contribution in [3.8, 4) is 6.07 Å². The van der Waals surface area contributed by atoms with E-state index in [4.69, 9.17) is 28.5 Å². The van der Waals surface area contributed by atoms with Crippen LogP contribution in [0.2, 0.25) is 10.6 Å². The topological polar surface area (TPSA) is 88.8 Å². The molecule has 0 aromatic carbocycles. The fourth-order valence-corrected chi connectivity index (χ4v) is 1.09. The highest BCUT2D eigenvalue weighted by Gasteiger charge is 2.06. The molecule has 8 heteroatoms. The Bertz CT molecular complexity index is 398. The number of hydrogen-bond acceptors (Lipinski definition) is 6. The number of rotatable bonds is 3. The van der Waals surface area contributed by atoms with Gasteiger partial charge in [0.2, 0.25) is 10.6 Å². The minimum absolute atomic E-state index is 0.0821. The maximum atomic E-state index is 10.8. The smallest absolute Gasteiger partial charge is 0.320 e. The molecule has 0 radical (unpaired) electrons. The third-order valence-corrected chi connectivity index (χ3v) is 1.55. The molecular weight excluding hydrogens is 243 g/mol. The minimum atomic E-state index is -0.662. The van der Waals surface area contributed by atoms with Crippen molar-refractivity contribution in [1.29, 1.82) is 5.26 Å². The summed E-state index contributed by atoms with van der Waals surface area (Å²) in [4.78, 5) is 21.6. The summed E-state index contributed by atoms with van der Waals surface area (Å²) in [6.07, 6.45) is -0.327. The van der Waals surface area contributed by atoms with Crippen LogP contribution in [0.4, 0.5) is 0 Å². The average Bonchev–Trinajstić information content (AvgIpc) is 2.14. The number of esters is 1. The lowest BCUT2D eigenvalue weighted by Crippen LogP contribution is -2.06. The molecule has 0 bridgehead atoms. The molecule has 0 N–H and O–H groups in total. The number of hydrogen-bond donors (Lipinski definition) is 0. The molecule has 0 aliphatic carbocycles. The van der Waals surface area contributed by atoms with Gasteiger partial charge in [0.1, 0.15) is 6.42 Å². The van der Waals surface area contributed by atoms with Crippen LogP contribution in [0.1, 0.15) is 12.2 Å². The number of carbonyl (C=O) groups is 1. The first-order chi connectivity index (χ1) is 7.11. The van der Waals surface area contributed by atoms with E-state index in [1.54, 1.807) is 6.07 Å². The number of nitriles is 1. The fourth-order valence-electron chi connectivity index (χ4n) is 0.689. The predicted molar refractivity (Wildman–Crippen MR) is 49.9 cm³/mol. The zero-order valence-electron chi connectivity index (χ0n) is 7.28. The zero-order chi connectivity index (χ0) is 11.3. The van der Waals surface area contributed by atoms with E-state index in [2.05, 4.69) is 19.7 Å². The van der Waals surface area contributed by atoms with Crippen molar-refractivity contribution < 1.29 is 9.53 Å². The maximum absolute atomic E-state index is 10.8. The number of aromatic nitrogens is 3. The molecule has 0 atom stereocenters. The molecule has 1 aromatic rings. The van der Waals surface area contributed by atoms with Gasteiger partial charge < -0.3 is 4.74 Å². The highest BCUT2D eigenvalue weighted by Crippen LogP contribution is 2.07. The van der Waals surface area contributed by atoms with Crippen LogP contribution in [0, 0.1) is 11.3 Å². The Labute approximate surface area is 94.8 Å². The van der Waals surface area contributed by atoms with Crippen LogP contribution in [0.15, 0.2) is 0 Å². The summed E-state index contributed by atoms with van der Waals surface area (Å²) >= 11 is 11.0. The van der Waals surface area contributed by atoms with Crippen molar-refractivity contribution in [3.05, 3.63) is 16.4 Å². The molecule has 0 aliphatic heterocycles. The largest absolute Gasteiger partial charge is 0.457 e. The van der Waals surface area contributed by atoms with Crippen LogP contribution in [-0.2, 0) is 16.1 Å². The van der Waals surface area contributed by atoms with Gasteiger partial charge in [-0.3, -0.25) is 4.79 Å². The van der Waals surface area contributed by atoms with E-state index >= 15 is 0 Å². The number of ether oxygens (including phenoxy) is 1. The molecule has 0 aliphatic rings. The van der Waals surface area contributed by atoms with E-state index in [0.717, 1.165) is 0 Å². The molecular formula is C7H4Cl2N4O2. The van der Waals surface area contributed by atoms with Gasteiger partial charge in [-0.15, -0.1) is 0 Å². The first-order valence-corrected chi connectivity index (χ1v) is 4.46. The monoisotopic (exact) mass is 246 g/mol. The lowest BCUT2D eigenvalue weighted by atomic mass is 10.5. The molecule has 0 saturated heterocycles. The highest BCUT2D eigenvalue weighted by atomic mass is 35.5. The number of carbonyl (C=O) groups excluding carboxylic acids is 1. The Kier molecular flexibility index (Phi) is 4.21. The van der Waals surface area contributed by atoms with Gasteiger partial charge in [-0.25, -0.2) is 0 Å². The normalized spacial score (nSPS) is 9.40. The summed E-state index contributed by atoms with van der Waals surface area (Å²) in [5, 5.41) is 8.02. The van der Waals surface area contributed by atoms with E-state index in [9.17, 15) is 4.79 Å². The van der Waals surface area contributed by atoms with Crippen LogP contribution in [0.3, 0.4) is 0 Å². The van der Waals surface area contributed by atoms with E-state index in [1.165, 1.54) is 0 Å². The lowest BCUT2D eigenvalue weighted by Gasteiger charge is -2.01. The van der Waals surface area contributed by atoms with Gasteiger partial charge >= 0.3 is 5.97 Å². The highest BCUT2D eigenvalue weighted by molar-refractivity contribution is 6.30. The number of halogens is 2. The Hall–Kier alpha value is -1.45. The van der Waals surface area contributed by atoms with Crippen LogP contribution in [-0.4, -0.2) is 20.9 Å². The molecule has 0 unspecified atom stereocenters. The molecule has 0 spiro atoms. The molecule has 0 amide bonds. The fraction of sp³-hybridized carbons (Fsp3) is 0.286. The van der Waals surface area contributed by atoms with E-state index < -0.39 is 5.97 Å². The first kappa shape index (κ1) is 11.6. The van der Waals surface area contributed by atoms with E-state index in [-0.39, 0.29) is 29.4 Å². The van der Waals surface area contributed by atoms with Crippen LogP contribution >= 0.6 is 23.2 Å².